The van der Waals surface area contributed by atoms with Crippen molar-refractivity contribution in [1.29, 1.82) is 5.26 Å². The normalized spacial score (nSPS) is 10.8. The lowest BCUT2D eigenvalue weighted by atomic mass is 10.1. The smallest absolute Gasteiger partial charge is 0.133 e. The van der Waals surface area contributed by atoms with Crippen LogP contribution >= 0.6 is 15.9 Å². The molecule has 0 aliphatic heterocycles. The van der Waals surface area contributed by atoms with Gasteiger partial charge in [0.05, 0.1) is 18.0 Å². The van der Waals surface area contributed by atoms with Crippen molar-refractivity contribution in [3.05, 3.63) is 35.9 Å². The topological polar surface area (TPSA) is 39.9 Å². The van der Waals surface area contributed by atoms with Crippen molar-refractivity contribution in [2.75, 3.05) is 18.0 Å². The fourth-order valence-electron chi connectivity index (χ4n) is 2.43. The number of nitriles is 1. The maximum atomic E-state index is 8.89. The SMILES string of the molecule is CC(C)CN(CCC#N)c1nc2ccccc2cc1CBr. The van der Waals surface area contributed by atoms with Gasteiger partial charge in [-0.2, -0.15) is 5.26 Å². The minimum Gasteiger partial charge on any atom is -0.355 e. The number of fused-ring (bicyclic) bond motifs is 1. The van der Waals surface area contributed by atoms with Crippen LogP contribution in [-0.2, 0) is 5.33 Å². The number of nitrogens with zero attached hydrogens (tertiary/aromatic N) is 3. The molecule has 4 heteroatoms. The van der Waals surface area contributed by atoms with E-state index in [2.05, 4.69) is 52.9 Å². The molecule has 0 atom stereocenters. The zero-order chi connectivity index (χ0) is 15.2. The molecule has 0 bridgehead atoms. The Bertz CT molecular complexity index is 646. The average Bonchev–Trinajstić information content (AvgIpc) is 2.49. The van der Waals surface area contributed by atoms with Gasteiger partial charge >= 0.3 is 0 Å². The van der Waals surface area contributed by atoms with E-state index in [0.717, 1.165) is 35.1 Å². The van der Waals surface area contributed by atoms with E-state index in [1.54, 1.807) is 0 Å². The van der Waals surface area contributed by atoms with Crippen molar-refractivity contribution < 1.29 is 0 Å². The molecule has 1 aromatic heterocycles. The summed E-state index contributed by atoms with van der Waals surface area (Å²) < 4.78 is 0. The first-order valence-corrected chi connectivity index (χ1v) is 8.34. The summed E-state index contributed by atoms with van der Waals surface area (Å²) >= 11 is 3.57. The van der Waals surface area contributed by atoms with E-state index in [1.165, 1.54) is 5.56 Å². The van der Waals surface area contributed by atoms with Crippen molar-refractivity contribution in [2.24, 2.45) is 5.92 Å². The third-order valence-electron chi connectivity index (χ3n) is 3.30. The lowest BCUT2D eigenvalue weighted by Crippen LogP contribution is -2.30. The van der Waals surface area contributed by atoms with Crippen molar-refractivity contribution in [1.82, 2.24) is 4.98 Å². The van der Waals surface area contributed by atoms with E-state index in [0.29, 0.717) is 12.3 Å². The number of hydrogen-bond donors (Lipinski definition) is 0. The molecule has 0 fully saturated rings. The lowest BCUT2D eigenvalue weighted by molar-refractivity contribution is 0.607. The van der Waals surface area contributed by atoms with Crippen LogP contribution in [0.4, 0.5) is 5.82 Å². The van der Waals surface area contributed by atoms with E-state index in [1.807, 2.05) is 18.2 Å². The molecular formula is C17H20BrN3. The summed E-state index contributed by atoms with van der Waals surface area (Å²) in [5.41, 5.74) is 2.18. The minimum atomic E-state index is 0.517. The zero-order valence-electron chi connectivity index (χ0n) is 12.5. The van der Waals surface area contributed by atoms with Crippen molar-refractivity contribution in [3.8, 4) is 6.07 Å². The van der Waals surface area contributed by atoms with Gasteiger partial charge < -0.3 is 4.90 Å². The molecule has 0 saturated heterocycles. The number of rotatable bonds is 6. The van der Waals surface area contributed by atoms with Crippen LogP contribution in [0.2, 0.25) is 0 Å². The highest BCUT2D eigenvalue weighted by Crippen LogP contribution is 2.26. The standard InChI is InChI=1S/C17H20BrN3/c1-13(2)12-21(9-5-8-19)17-15(11-18)10-14-6-3-4-7-16(14)20-17/h3-4,6-7,10,13H,5,9,11-12H2,1-2H3. The highest BCUT2D eigenvalue weighted by molar-refractivity contribution is 9.08. The molecule has 0 saturated carbocycles. The molecule has 0 unspecified atom stereocenters. The average molecular weight is 346 g/mol. The number of para-hydroxylation sites is 1. The van der Waals surface area contributed by atoms with Gasteiger partial charge in [0.2, 0.25) is 0 Å². The van der Waals surface area contributed by atoms with E-state index in [9.17, 15) is 0 Å². The Balaban J connectivity index is 2.46. The van der Waals surface area contributed by atoms with Gasteiger partial charge in [0.15, 0.2) is 0 Å². The van der Waals surface area contributed by atoms with Crippen LogP contribution in [0, 0.1) is 17.2 Å². The summed E-state index contributed by atoms with van der Waals surface area (Å²) in [6, 6.07) is 12.6. The van der Waals surface area contributed by atoms with Crippen LogP contribution in [0.1, 0.15) is 25.8 Å². The van der Waals surface area contributed by atoms with E-state index < -0.39 is 0 Å². The van der Waals surface area contributed by atoms with Crippen LogP contribution in [-0.4, -0.2) is 18.1 Å². The quantitative estimate of drug-likeness (QED) is 0.723. The first kappa shape index (κ1) is 15.8. The predicted molar refractivity (Wildman–Crippen MR) is 91.7 cm³/mol. The van der Waals surface area contributed by atoms with Crippen LogP contribution < -0.4 is 4.90 Å². The van der Waals surface area contributed by atoms with Crippen LogP contribution in [0.3, 0.4) is 0 Å². The van der Waals surface area contributed by atoms with Crippen LogP contribution in [0.5, 0.6) is 0 Å². The minimum absolute atomic E-state index is 0.517. The molecule has 0 aliphatic carbocycles. The number of aromatic nitrogens is 1. The second-order valence-electron chi connectivity index (χ2n) is 5.55. The van der Waals surface area contributed by atoms with Gasteiger partial charge in [-0.3, -0.25) is 0 Å². The number of benzene rings is 1. The third-order valence-corrected chi connectivity index (χ3v) is 3.91. The number of anilines is 1. The largest absolute Gasteiger partial charge is 0.355 e. The molecule has 110 valence electrons. The molecule has 3 nitrogen and oxygen atoms in total. The number of pyridine rings is 1. The fraction of sp³-hybridized carbons (Fsp3) is 0.412. The first-order chi connectivity index (χ1) is 10.2. The second-order valence-corrected chi connectivity index (χ2v) is 6.11. The Morgan fingerprint density at radius 3 is 2.76 bits per heavy atom. The van der Waals surface area contributed by atoms with Gasteiger partial charge in [-0.25, -0.2) is 4.98 Å². The molecule has 0 spiro atoms. The van der Waals surface area contributed by atoms with Gasteiger partial charge in [-0.15, -0.1) is 0 Å². The summed E-state index contributed by atoms with van der Waals surface area (Å²) in [5.74, 6) is 1.52. The fourth-order valence-corrected chi connectivity index (χ4v) is 2.84. The molecule has 0 amide bonds. The maximum Gasteiger partial charge on any atom is 0.133 e. The van der Waals surface area contributed by atoms with Crippen molar-refractivity contribution in [2.45, 2.75) is 25.6 Å². The zero-order valence-corrected chi connectivity index (χ0v) is 14.1. The molecule has 21 heavy (non-hydrogen) atoms. The van der Waals surface area contributed by atoms with Gasteiger partial charge in [0.25, 0.3) is 0 Å². The molecule has 0 aliphatic rings. The molecule has 2 aromatic rings. The van der Waals surface area contributed by atoms with Gasteiger partial charge in [0, 0.05) is 29.4 Å². The molecule has 1 aromatic carbocycles. The summed E-state index contributed by atoms with van der Waals surface area (Å²) in [7, 11) is 0. The molecule has 2 rings (SSSR count). The van der Waals surface area contributed by atoms with Crippen LogP contribution in [0.25, 0.3) is 10.9 Å². The maximum absolute atomic E-state index is 8.89. The summed E-state index contributed by atoms with van der Waals surface area (Å²) in [6.45, 7) is 6.01. The van der Waals surface area contributed by atoms with E-state index in [4.69, 9.17) is 10.2 Å². The predicted octanol–water partition coefficient (Wildman–Crippen LogP) is 4.51. The molecule has 0 radical (unpaired) electrons. The molecule has 0 N–H and O–H groups in total. The van der Waals surface area contributed by atoms with Gasteiger partial charge in [0.1, 0.15) is 5.82 Å². The van der Waals surface area contributed by atoms with Crippen molar-refractivity contribution in [3.63, 3.8) is 0 Å². The highest BCUT2D eigenvalue weighted by atomic mass is 79.9. The van der Waals surface area contributed by atoms with Gasteiger partial charge in [-0.05, 0) is 18.1 Å². The Hall–Kier alpha value is -1.60. The monoisotopic (exact) mass is 345 g/mol. The number of alkyl halides is 1. The van der Waals surface area contributed by atoms with Gasteiger partial charge in [-0.1, -0.05) is 48.0 Å². The Morgan fingerprint density at radius 1 is 1.33 bits per heavy atom. The summed E-state index contributed by atoms with van der Waals surface area (Å²) in [4.78, 5) is 7.07. The Morgan fingerprint density at radius 2 is 2.10 bits per heavy atom. The Labute approximate surface area is 134 Å². The number of hydrogen-bond acceptors (Lipinski definition) is 3. The molecule has 1 heterocycles. The molecular weight excluding hydrogens is 326 g/mol. The summed E-state index contributed by atoms with van der Waals surface area (Å²) in [6.07, 6.45) is 0.517. The number of halogens is 1. The Kier molecular flexibility index (Phi) is 5.58. The highest BCUT2D eigenvalue weighted by Gasteiger charge is 2.15. The van der Waals surface area contributed by atoms with Crippen molar-refractivity contribution >= 4 is 32.7 Å². The third kappa shape index (κ3) is 3.95. The lowest BCUT2D eigenvalue weighted by Gasteiger charge is -2.27. The van der Waals surface area contributed by atoms with E-state index in [-0.39, 0.29) is 0 Å². The second kappa shape index (κ2) is 7.42. The van der Waals surface area contributed by atoms with E-state index >= 15 is 0 Å². The first-order valence-electron chi connectivity index (χ1n) is 7.22. The summed E-state index contributed by atoms with van der Waals surface area (Å²) in [5, 5.41) is 10.8. The van der Waals surface area contributed by atoms with Crippen LogP contribution in [0.15, 0.2) is 30.3 Å².